The molecule has 0 heterocycles. The Bertz CT molecular complexity index is 803. The van der Waals surface area contributed by atoms with Crippen molar-refractivity contribution in [1.29, 1.82) is 0 Å². The van der Waals surface area contributed by atoms with Crippen molar-refractivity contribution in [2.24, 2.45) is 0 Å². The first-order valence-corrected chi connectivity index (χ1v) is 7.76. The fourth-order valence-corrected chi connectivity index (χ4v) is 2.34. The predicted octanol–water partition coefficient (Wildman–Crippen LogP) is 3.90. The minimum atomic E-state index is -0.494. The van der Waals surface area contributed by atoms with Crippen LogP contribution in [0, 0.1) is 15.9 Å². The number of aryl methyl sites for hydroxylation is 1. The first-order valence-electron chi connectivity index (χ1n) is 7.76. The molecule has 0 saturated heterocycles. The Hall–Kier alpha value is -3.09. The third kappa shape index (κ3) is 4.94. The second-order valence-corrected chi connectivity index (χ2v) is 5.43. The highest BCUT2D eigenvalue weighted by molar-refractivity contribution is 6.00. The van der Waals surface area contributed by atoms with E-state index >= 15 is 0 Å². The van der Waals surface area contributed by atoms with Gasteiger partial charge in [-0.1, -0.05) is 13.0 Å². The molecule has 6 nitrogen and oxygen atoms in total. The summed E-state index contributed by atoms with van der Waals surface area (Å²) in [6.45, 7) is 1.81. The second kappa shape index (κ2) is 8.14. The number of nitro groups is 1. The lowest BCUT2D eigenvalue weighted by Crippen LogP contribution is -2.14. The van der Waals surface area contributed by atoms with E-state index in [1.165, 1.54) is 30.3 Å². The maximum absolute atomic E-state index is 12.8. The Morgan fingerprint density at radius 1 is 1.12 bits per heavy atom. The van der Waals surface area contributed by atoms with Gasteiger partial charge in [0.25, 0.3) is 5.69 Å². The number of hydrogen-bond donors (Lipinski definition) is 1. The molecule has 0 aliphatic rings. The van der Waals surface area contributed by atoms with Gasteiger partial charge < -0.3 is 5.32 Å². The van der Waals surface area contributed by atoms with Crippen molar-refractivity contribution in [2.75, 3.05) is 5.32 Å². The van der Waals surface area contributed by atoms with Crippen molar-refractivity contribution in [1.82, 2.24) is 0 Å². The van der Waals surface area contributed by atoms with E-state index in [9.17, 15) is 24.1 Å². The highest BCUT2D eigenvalue weighted by Gasteiger charge is 2.15. The number of Topliss-reactive ketones (excluding diaryl/α,β-unsaturated/α-hetero) is 1. The molecule has 0 saturated carbocycles. The molecular weight excluding hydrogens is 327 g/mol. The molecule has 7 heteroatoms. The topological polar surface area (TPSA) is 89.3 Å². The maximum Gasteiger partial charge on any atom is 0.274 e. The van der Waals surface area contributed by atoms with Crippen molar-refractivity contribution in [3.05, 3.63) is 69.5 Å². The number of ketones is 1. The van der Waals surface area contributed by atoms with Crippen LogP contribution in [-0.4, -0.2) is 16.6 Å². The summed E-state index contributed by atoms with van der Waals surface area (Å²) >= 11 is 0. The monoisotopic (exact) mass is 344 g/mol. The van der Waals surface area contributed by atoms with Gasteiger partial charge in [-0.3, -0.25) is 19.7 Å². The zero-order valence-corrected chi connectivity index (χ0v) is 13.6. The first kappa shape index (κ1) is 18.3. The quantitative estimate of drug-likeness (QED) is 0.469. The smallest absolute Gasteiger partial charge is 0.274 e. The Balaban J connectivity index is 1.96. The average molecular weight is 344 g/mol. The maximum atomic E-state index is 12.8. The van der Waals surface area contributed by atoms with Crippen LogP contribution in [0.3, 0.4) is 0 Å². The molecule has 0 spiro atoms. The minimum absolute atomic E-state index is 0.0351. The van der Waals surface area contributed by atoms with Crippen molar-refractivity contribution in [3.8, 4) is 0 Å². The number of rotatable bonds is 7. The fourth-order valence-electron chi connectivity index (χ4n) is 2.34. The lowest BCUT2D eigenvalue weighted by Gasteiger charge is -2.07. The van der Waals surface area contributed by atoms with Crippen LogP contribution in [0.15, 0.2) is 42.5 Å². The lowest BCUT2D eigenvalue weighted by atomic mass is 10.1. The van der Waals surface area contributed by atoms with Gasteiger partial charge in [0, 0.05) is 35.7 Å². The molecule has 25 heavy (non-hydrogen) atoms. The summed E-state index contributed by atoms with van der Waals surface area (Å²) in [4.78, 5) is 34.4. The van der Waals surface area contributed by atoms with Gasteiger partial charge in [0.2, 0.25) is 5.91 Å². The molecule has 0 aliphatic carbocycles. The van der Waals surface area contributed by atoms with Gasteiger partial charge in [0.1, 0.15) is 5.82 Å². The van der Waals surface area contributed by atoms with Crippen LogP contribution in [0.2, 0.25) is 0 Å². The number of halogens is 1. The van der Waals surface area contributed by atoms with Gasteiger partial charge in [-0.25, -0.2) is 4.39 Å². The number of carbonyl (C=O) groups is 2. The molecule has 2 rings (SSSR count). The van der Waals surface area contributed by atoms with Crippen molar-refractivity contribution >= 4 is 23.1 Å². The standard InChI is InChI=1S/C18H17FN2O4/c1-2-12-5-8-15(11-16(12)21(24)25)20-18(23)10-9-17(22)13-3-6-14(19)7-4-13/h3-8,11H,2,9-10H2,1H3,(H,20,23). The molecule has 2 aromatic rings. The van der Waals surface area contributed by atoms with E-state index < -0.39 is 16.6 Å². The van der Waals surface area contributed by atoms with Gasteiger partial charge >= 0.3 is 0 Å². The molecule has 0 radical (unpaired) electrons. The molecular formula is C18H17FN2O4. The fraction of sp³-hybridized carbons (Fsp3) is 0.222. The summed E-state index contributed by atoms with van der Waals surface area (Å²) < 4.78 is 12.8. The zero-order chi connectivity index (χ0) is 18.4. The van der Waals surface area contributed by atoms with Crippen LogP contribution in [0.25, 0.3) is 0 Å². The molecule has 1 amide bonds. The summed E-state index contributed by atoms with van der Waals surface area (Å²) in [7, 11) is 0. The van der Waals surface area contributed by atoms with Crippen LogP contribution in [-0.2, 0) is 11.2 Å². The van der Waals surface area contributed by atoms with E-state index in [0.29, 0.717) is 23.2 Å². The van der Waals surface area contributed by atoms with Gasteiger partial charge in [0.15, 0.2) is 5.78 Å². The van der Waals surface area contributed by atoms with E-state index in [4.69, 9.17) is 0 Å². The molecule has 1 N–H and O–H groups in total. The van der Waals surface area contributed by atoms with E-state index in [1.54, 1.807) is 12.1 Å². The van der Waals surface area contributed by atoms with Gasteiger partial charge in [-0.05, 0) is 36.8 Å². The molecule has 130 valence electrons. The highest BCUT2D eigenvalue weighted by Crippen LogP contribution is 2.23. The minimum Gasteiger partial charge on any atom is -0.326 e. The Morgan fingerprint density at radius 2 is 1.80 bits per heavy atom. The zero-order valence-electron chi connectivity index (χ0n) is 13.6. The third-order valence-corrected chi connectivity index (χ3v) is 3.69. The van der Waals surface area contributed by atoms with Crippen molar-refractivity contribution in [3.63, 3.8) is 0 Å². The van der Waals surface area contributed by atoms with Gasteiger partial charge in [0.05, 0.1) is 4.92 Å². The summed E-state index contributed by atoms with van der Waals surface area (Å²) in [6, 6.07) is 9.58. The third-order valence-electron chi connectivity index (χ3n) is 3.69. The molecule has 0 atom stereocenters. The van der Waals surface area contributed by atoms with Crippen LogP contribution in [0.4, 0.5) is 15.8 Å². The van der Waals surface area contributed by atoms with E-state index in [-0.39, 0.29) is 24.3 Å². The highest BCUT2D eigenvalue weighted by atomic mass is 19.1. The van der Waals surface area contributed by atoms with Crippen LogP contribution < -0.4 is 5.32 Å². The normalized spacial score (nSPS) is 10.3. The van der Waals surface area contributed by atoms with Crippen molar-refractivity contribution < 1.29 is 18.9 Å². The number of benzene rings is 2. The number of anilines is 1. The SMILES string of the molecule is CCc1ccc(NC(=O)CCC(=O)c2ccc(F)cc2)cc1[N+](=O)[O-]. The Kier molecular flexibility index (Phi) is 5.94. The lowest BCUT2D eigenvalue weighted by molar-refractivity contribution is -0.385. The van der Waals surface area contributed by atoms with E-state index in [1.807, 2.05) is 6.92 Å². The first-order chi connectivity index (χ1) is 11.9. The number of nitrogens with one attached hydrogen (secondary N) is 1. The molecule has 0 bridgehead atoms. The summed E-state index contributed by atoms with van der Waals surface area (Å²) in [5, 5.41) is 13.6. The second-order valence-electron chi connectivity index (χ2n) is 5.43. The van der Waals surface area contributed by atoms with E-state index in [2.05, 4.69) is 5.32 Å². The van der Waals surface area contributed by atoms with Crippen LogP contribution in [0.1, 0.15) is 35.7 Å². The van der Waals surface area contributed by atoms with Crippen molar-refractivity contribution in [2.45, 2.75) is 26.2 Å². The van der Waals surface area contributed by atoms with Crippen LogP contribution >= 0.6 is 0 Å². The average Bonchev–Trinajstić information content (AvgIpc) is 2.60. The number of nitro benzene ring substituents is 1. The molecule has 0 aromatic heterocycles. The van der Waals surface area contributed by atoms with Gasteiger partial charge in [-0.2, -0.15) is 0 Å². The predicted molar refractivity (Wildman–Crippen MR) is 91.1 cm³/mol. The molecule has 2 aromatic carbocycles. The Morgan fingerprint density at radius 3 is 2.40 bits per heavy atom. The van der Waals surface area contributed by atoms with E-state index in [0.717, 1.165) is 0 Å². The summed E-state index contributed by atoms with van der Waals surface area (Å²) in [6.07, 6.45) is 0.406. The summed E-state index contributed by atoms with van der Waals surface area (Å²) in [5.74, 6) is -1.14. The number of nitrogens with zero attached hydrogens (tertiary/aromatic N) is 1. The number of amides is 1. The van der Waals surface area contributed by atoms with Crippen LogP contribution in [0.5, 0.6) is 0 Å². The number of carbonyl (C=O) groups excluding carboxylic acids is 2. The largest absolute Gasteiger partial charge is 0.326 e. The summed E-state index contributed by atoms with van der Waals surface area (Å²) in [5.41, 5.74) is 1.16. The van der Waals surface area contributed by atoms with Gasteiger partial charge in [-0.15, -0.1) is 0 Å². The number of hydrogen-bond acceptors (Lipinski definition) is 4. The Labute approximate surface area is 143 Å². The molecule has 0 unspecified atom stereocenters. The molecule has 0 aliphatic heterocycles. The molecule has 0 fully saturated rings.